The summed E-state index contributed by atoms with van der Waals surface area (Å²) < 4.78 is 0. The molecule has 1 saturated heterocycles. The summed E-state index contributed by atoms with van der Waals surface area (Å²) in [4.78, 5) is 55.8. The average molecular weight is 534 g/mol. The molecular weight excluding hydrogens is 502 g/mol. The van der Waals surface area contributed by atoms with Crippen molar-refractivity contribution in [3.8, 4) is 5.75 Å². The molecule has 1 heterocycles. The van der Waals surface area contributed by atoms with Crippen molar-refractivity contribution in [2.45, 2.75) is 45.4 Å². The molecule has 0 saturated carbocycles. The molecule has 6 heteroatoms. The van der Waals surface area contributed by atoms with Crippen molar-refractivity contribution in [1.82, 2.24) is 0 Å². The number of Topliss-reactive ketones (excluding diaryl/α,β-unsaturated/α-hetero) is 1. The van der Waals surface area contributed by atoms with Crippen LogP contribution in [0, 0.1) is 17.8 Å². The van der Waals surface area contributed by atoms with Crippen LogP contribution < -0.4 is 4.90 Å². The first kappa shape index (κ1) is 25.9. The molecule has 0 unspecified atom stereocenters. The van der Waals surface area contributed by atoms with E-state index in [4.69, 9.17) is 0 Å². The van der Waals surface area contributed by atoms with Crippen molar-refractivity contribution < 1.29 is 24.3 Å². The number of fused-ring (bicyclic) bond motifs is 3. The van der Waals surface area contributed by atoms with Gasteiger partial charge in [0, 0.05) is 28.2 Å². The number of hydrogen-bond donors (Lipinski definition) is 1. The summed E-state index contributed by atoms with van der Waals surface area (Å²) >= 11 is 0. The van der Waals surface area contributed by atoms with Gasteiger partial charge in [-0.2, -0.15) is 0 Å². The standard InChI is InChI=1S/C34H31NO5/c1-4-7-20-8-6-9-23(32(20)38)28-22-14-15-24-29(25(22)17-26-27(36)16-18(3)31(37)30(26)28)34(40)35(33(24)39)21-12-10-19(5-2)11-13-21/h4,6,8-14,16,24-25,28-29,38H,1,5,7,15,17H2,2-3H3/t24-,25+,28+,29-/m0/s1. The van der Waals surface area contributed by atoms with Gasteiger partial charge in [0.05, 0.1) is 17.5 Å². The number of ketones is 2. The van der Waals surface area contributed by atoms with Gasteiger partial charge in [0.15, 0.2) is 11.6 Å². The fraction of sp³-hybridized carbons (Fsp3) is 0.294. The maximum atomic E-state index is 14.0. The number of rotatable bonds is 5. The Morgan fingerprint density at radius 1 is 1.02 bits per heavy atom. The highest BCUT2D eigenvalue weighted by atomic mass is 16.3. The van der Waals surface area contributed by atoms with Crippen LogP contribution in [0.5, 0.6) is 5.75 Å². The Morgan fingerprint density at radius 3 is 2.48 bits per heavy atom. The molecule has 2 amide bonds. The lowest BCUT2D eigenvalue weighted by Gasteiger charge is -2.42. The number of anilines is 1. The van der Waals surface area contributed by atoms with Gasteiger partial charge < -0.3 is 5.11 Å². The largest absolute Gasteiger partial charge is 0.507 e. The normalized spacial score (nSPS) is 25.8. The number of carbonyl (C=O) groups is 4. The maximum Gasteiger partial charge on any atom is 0.238 e. The van der Waals surface area contributed by atoms with Crippen LogP contribution >= 0.6 is 0 Å². The second-order valence-electron chi connectivity index (χ2n) is 11.1. The van der Waals surface area contributed by atoms with Gasteiger partial charge in [-0.25, -0.2) is 0 Å². The van der Waals surface area contributed by atoms with E-state index < -0.39 is 23.7 Å². The van der Waals surface area contributed by atoms with Gasteiger partial charge in [0.1, 0.15) is 5.75 Å². The molecule has 3 aliphatic carbocycles. The smallest absolute Gasteiger partial charge is 0.238 e. The number of aromatic hydroxyl groups is 1. The first-order chi connectivity index (χ1) is 19.3. The molecule has 4 atom stereocenters. The molecule has 0 spiro atoms. The zero-order valence-electron chi connectivity index (χ0n) is 22.6. The lowest BCUT2D eigenvalue weighted by molar-refractivity contribution is -0.123. The summed E-state index contributed by atoms with van der Waals surface area (Å²) in [6, 6.07) is 12.9. The highest BCUT2D eigenvalue weighted by molar-refractivity contribution is 6.25. The van der Waals surface area contributed by atoms with E-state index >= 15 is 0 Å². The number of amides is 2. The first-order valence-corrected chi connectivity index (χ1v) is 13.9. The monoisotopic (exact) mass is 533 g/mol. The van der Waals surface area contributed by atoms with E-state index in [1.54, 1.807) is 25.1 Å². The van der Waals surface area contributed by atoms with Crippen LogP contribution in [0.25, 0.3) is 0 Å². The zero-order valence-corrected chi connectivity index (χ0v) is 22.6. The second-order valence-corrected chi connectivity index (χ2v) is 11.1. The van der Waals surface area contributed by atoms with E-state index in [2.05, 4.69) is 6.58 Å². The number of aryl methyl sites for hydroxylation is 1. The number of phenols is 1. The molecule has 1 N–H and O–H groups in total. The van der Waals surface area contributed by atoms with Gasteiger partial charge in [0.25, 0.3) is 0 Å². The minimum Gasteiger partial charge on any atom is -0.507 e. The molecule has 2 aromatic carbocycles. The van der Waals surface area contributed by atoms with Crippen LogP contribution in [-0.2, 0) is 32.0 Å². The van der Waals surface area contributed by atoms with Gasteiger partial charge in [-0.3, -0.25) is 24.1 Å². The summed E-state index contributed by atoms with van der Waals surface area (Å²) in [6.45, 7) is 7.46. The summed E-state index contributed by atoms with van der Waals surface area (Å²) in [5, 5.41) is 11.3. The number of allylic oxidation sites excluding steroid dienone is 7. The molecule has 2 aromatic rings. The van der Waals surface area contributed by atoms with Crippen LogP contribution in [0.4, 0.5) is 5.69 Å². The van der Waals surface area contributed by atoms with Crippen molar-refractivity contribution in [1.29, 1.82) is 0 Å². The molecule has 6 nitrogen and oxygen atoms in total. The molecule has 1 fully saturated rings. The van der Waals surface area contributed by atoms with E-state index in [1.165, 1.54) is 11.0 Å². The fourth-order valence-electron chi connectivity index (χ4n) is 7.02. The zero-order chi connectivity index (χ0) is 28.3. The number of hydrogen-bond acceptors (Lipinski definition) is 5. The Balaban J connectivity index is 1.48. The molecule has 0 aromatic heterocycles. The molecule has 40 heavy (non-hydrogen) atoms. The van der Waals surface area contributed by atoms with Crippen molar-refractivity contribution in [3.05, 3.63) is 106 Å². The van der Waals surface area contributed by atoms with Crippen molar-refractivity contribution in [3.63, 3.8) is 0 Å². The molecule has 202 valence electrons. The Labute approximate surface area is 233 Å². The van der Waals surface area contributed by atoms with Crippen LogP contribution in [0.3, 0.4) is 0 Å². The van der Waals surface area contributed by atoms with E-state index in [0.717, 1.165) is 17.6 Å². The summed E-state index contributed by atoms with van der Waals surface area (Å²) in [7, 11) is 0. The SMILES string of the molecule is C=CCc1cccc([C@H]2C3=CC[C@@H]4C(=O)N(c5ccc(CC)cc5)C(=O)[C@@H]4[C@@H]3CC3=C2C(=O)C(C)=CC3=O)c1O. The highest BCUT2D eigenvalue weighted by Gasteiger charge is 2.56. The van der Waals surface area contributed by atoms with Gasteiger partial charge >= 0.3 is 0 Å². The van der Waals surface area contributed by atoms with Gasteiger partial charge in [-0.05, 0) is 67.9 Å². The second kappa shape index (κ2) is 9.70. The van der Waals surface area contributed by atoms with Gasteiger partial charge in [-0.15, -0.1) is 6.58 Å². The number of imide groups is 1. The Morgan fingerprint density at radius 2 is 1.77 bits per heavy atom. The number of nitrogens with zero attached hydrogens (tertiary/aromatic N) is 1. The molecule has 1 aliphatic heterocycles. The molecule has 0 bridgehead atoms. The third kappa shape index (κ3) is 3.77. The van der Waals surface area contributed by atoms with Crippen LogP contribution in [0.15, 0.2) is 89.6 Å². The summed E-state index contributed by atoms with van der Waals surface area (Å²) in [5.41, 5.74) is 4.79. The third-order valence-electron chi connectivity index (χ3n) is 8.99. The lowest BCUT2D eigenvalue weighted by atomic mass is 9.59. The van der Waals surface area contributed by atoms with Gasteiger partial charge in [-0.1, -0.05) is 55.0 Å². The summed E-state index contributed by atoms with van der Waals surface area (Å²) in [6.07, 6.45) is 6.89. The quantitative estimate of drug-likeness (QED) is 0.319. The molecule has 0 radical (unpaired) electrons. The summed E-state index contributed by atoms with van der Waals surface area (Å²) in [5.74, 6) is -3.23. The maximum absolute atomic E-state index is 14.0. The minimum atomic E-state index is -0.680. The molecule has 6 rings (SSSR count). The number of carbonyl (C=O) groups excluding carboxylic acids is 4. The highest BCUT2D eigenvalue weighted by Crippen LogP contribution is 2.56. The van der Waals surface area contributed by atoms with E-state index in [0.29, 0.717) is 46.4 Å². The van der Waals surface area contributed by atoms with Crippen LogP contribution in [0.2, 0.25) is 0 Å². The van der Waals surface area contributed by atoms with Crippen LogP contribution in [0.1, 0.15) is 49.3 Å². The van der Waals surface area contributed by atoms with E-state index in [-0.39, 0.29) is 35.6 Å². The third-order valence-corrected chi connectivity index (χ3v) is 8.99. The Kier molecular flexibility index (Phi) is 6.29. The van der Waals surface area contributed by atoms with Crippen molar-refractivity contribution >= 4 is 29.1 Å². The number of benzene rings is 2. The van der Waals surface area contributed by atoms with E-state index in [9.17, 15) is 24.3 Å². The fourth-order valence-corrected chi connectivity index (χ4v) is 7.02. The Hall–Kier alpha value is -4.32. The first-order valence-electron chi connectivity index (χ1n) is 13.9. The van der Waals surface area contributed by atoms with Crippen molar-refractivity contribution in [2.75, 3.05) is 4.90 Å². The lowest BCUT2D eigenvalue weighted by Crippen LogP contribution is -2.39. The minimum absolute atomic E-state index is 0.0573. The Bertz CT molecular complexity index is 1590. The van der Waals surface area contributed by atoms with Gasteiger partial charge in [0.2, 0.25) is 11.8 Å². The predicted octanol–water partition coefficient (Wildman–Crippen LogP) is 5.32. The number of phenolic OH excluding ortho intramolecular Hbond substituents is 1. The number of para-hydroxylation sites is 1. The predicted molar refractivity (Wildman–Crippen MR) is 152 cm³/mol. The topological polar surface area (TPSA) is 91.8 Å². The molecule has 4 aliphatic rings. The van der Waals surface area contributed by atoms with Crippen LogP contribution in [-0.4, -0.2) is 28.5 Å². The molecular formula is C34H31NO5. The van der Waals surface area contributed by atoms with Crippen molar-refractivity contribution in [2.24, 2.45) is 17.8 Å². The average Bonchev–Trinajstić information content (AvgIpc) is 3.21. The van der Waals surface area contributed by atoms with E-state index in [1.807, 2.05) is 43.3 Å².